The molecule has 1 unspecified atom stereocenters. The van der Waals surface area contributed by atoms with Crippen LogP contribution in [0.2, 0.25) is 0 Å². The van der Waals surface area contributed by atoms with E-state index in [1.165, 1.54) is 25.4 Å². The predicted molar refractivity (Wildman–Crippen MR) is 83.3 cm³/mol. The lowest BCUT2D eigenvalue weighted by Gasteiger charge is -2.22. The first kappa shape index (κ1) is 19.7. The number of halogens is 5. The van der Waals surface area contributed by atoms with Crippen LogP contribution in [0.25, 0.3) is 0 Å². The van der Waals surface area contributed by atoms with E-state index >= 15 is 0 Å². The molecule has 0 bridgehead atoms. The van der Waals surface area contributed by atoms with E-state index in [2.05, 4.69) is 10.3 Å². The fraction of sp³-hybridized carbons (Fsp3) is 0.375. The number of carbonyl (C=O) groups excluding carboxylic acids is 1. The Morgan fingerprint density at radius 1 is 1.27 bits per heavy atom. The van der Waals surface area contributed by atoms with Gasteiger partial charge in [-0.15, -0.1) is 0 Å². The van der Waals surface area contributed by atoms with Crippen molar-refractivity contribution >= 4 is 6.03 Å². The second-order valence-electron chi connectivity index (χ2n) is 5.68. The van der Waals surface area contributed by atoms with Crippen molar-refractivity contribution in [3.8, 4) is 0 Å². The normalized spacial score (nSPS) is 12.9. The average molecular weight is 376 g/mol. The van der Waals surface area contributed by atoms with Crippen LogP contribution in [0.5, 0.6) is 0 Å². The molecule has 1 aromatic carbocycles. The Labute approximate surface area is 146 Å². The van der Waals surface area contributed by atoms with Crippen LogP contribution in [-0.4, -0.2) is 27.5 Å². The number of nitrogens with one attached hydrogen (secondary N) is 1. The first-order chi connectivity index (χ1) is 12.1. The van der Waals surface area contributed by atoms with Crippen LogP contribution in [0.3, 0.4) is 0 Å². The van der Waals surface area contributed by atoms with Gasteiger partial charge in [0, 0.05) is 19.4 Å². The van der Waals surface area contributed by atoms with Gasteiger partial charge in [0.1, 0.15) is 5.82 Å². The van der Waals surface area contributed by atoms with Crippen molar-refractivity contribution in [2.24, 2.45) is 0 Å². The first-order valence-corrected chi connectivity index (χ1v) is 7.58. The van der Waals surface area contributed by atoms with Gasteiger partial charge in [-0.05, 0) is 24.6 Å². The summed E-state index contributed by atoms with van der Waals surface area (Å²) in [5.41, 5.74) is -0.301. The van der Waals surface area contributed by atoms with E-state index in [9.17, 15) is 26.7 Å². The van der Waals surface area contributed by atoms with Crippen LogP contribution in [0, 0.1) is 0 Å². The molecule has 0 aliphatic carbocycles. The minimum absolute atomic E-state index is 0.0137. The molecule has 1 heterocycles. The fourth-order valence-corrected chi connectivity index (χ4v) is 2.27. The van der Waals surface area contributed by atoms with Gasteiger partial charge in [0.05, 0.1) is 18.2 Å². The van der Waals surface area contributed by atoms with Crippen LogP contribution in [0.4, 0.5) is 26.7 Å². The highest BCUT2D eigenvalue weighted by atomic mass is 19.4. The number of hydrogen-bond acceptors (Lipinski definition) is 2. The molecule has 2 rings (SSSR count). The summed E-state index contributed by atoms with van der Waals surface area (Å²) in [6, 6.07) is 3.28. The van der Waals surface area contributed by atoms with Crippen LogP contribution in [0.15, 0.2) is 36.7 Å². The molecule has 0 radical (unpaired) electrons. The van der Waals surface area contributed by atoms with E-state index in [4.69, 9.17) is 0 Å². The quantitative estimate of drug-likeness (QED) is 0.796. The van der Waals surface area contributed by atoms with Gasteiger partial charge in [0.2, 0.25) is 0 Å². The molecule has 1 N–H and O–H groups in total. The lowest BCUT2D eigenvalue weighted by Crippen LogP contribution is -2.38. The van der Waals surface area contributed by atoms with Crippen molar-refractivity contribution < 1.29 is 26.7 Å². The highest BCUT2D eigenvalue weighted by molar-refractivity contribution is 5.74. The van der Waals surface area contributed by atoms with Crippen molar-refractivity contribution in [1.82, 2.24) is 19.8 Å². The topological polar surface area (TPSA) is 50.2 Å². The van der Waals surface area contributed by atoms with Gasteiger partial charge >= 0.3 is 18.8 Å². The summed E-state index contributed by atoms with van der Waals surface area (Å²) in [5.74, 6) is 0.0137. The van der Waals surface area contributed by atoms with Crippen LogP contribution in [-0.2, 0) is 12.7 Å². The second kappa shape index (κ2) is 7.71. The van der Waals surface area contributed by atoms with Crippen LogP contribution < -0.4 is 5.32 Å². The molecule has 0 saturated carbocycles. The molecule has 1 atom stereocenters. The third-order valence-corrected chi connectivity index (χ3v) is 3.76. The van der Waals surface area contributed by atoms with Crippen molar-refractivity contribution in [2.75, 3.05) is 7.05 Å². The summed E-state index contributed by atoms with van der Waals surface area (Å²) >= 11 is 0. The van der Waals surface area contributed by atoms with E-state index in [0.717, 1.165) is 23.2 Å². The Morgan fingerprint density at radius 3 is 2.42 bits per heavy atom. The summed E-state index contributed by atoms with van der Waals surface area (Å²) < 4.78 is 63.9. The Balaban J connectivity index is 1.98. The van der Waals surface area contributed by atoms with Gasteiger partial charge in [0.15, 0.2) is 0 Å². The molecule has 0 aliphatic heterocycles. The summed E-state index contributed by atoms with van der Waals surface area (Å²) in [7, 11) is 1.40. The Kier molecular flexibility index (Phi) is 5.83. The highest BCUT2D eigenvalue weighted by Gasteiger charge is 2.30. The van der Waals surface area contributed by atoms with Gasteiger partial charge < -0.3 is 10.2 Å². The van der Waals surface area contributed by atoms with Gasteiger partial charge in [0.25, 0.3) is 0 Å². The molecule has 0 saturated heterocycles. The zero-order valence-corrected chi connectivity index (χ0v) is 14.0. The first-order valence-electron chi connectivity index (χ1n) is 7.58. The van der Waals surface area contributed by atoms with Crippen LogP contribution in [0.1, 0.15) is 36.5 Å². The second-order valence-corrected chi connectivity index (χ2v) is 5.68. The lowest BCUT2D eigenvalue weighted by molar-refractivity contribution is -0.137. The molecule has 1 aromatic heterocycles. The van der Waals surface area contributed by atoms with Crippen LogP contribution >= 0.6 is 0 Å². The summed E-state index contributed by atoms with van der Waals surface area (Å²) in [6.07, 6.45) is -2.12. The number of benzene rings is 1. The molecule has 0 spiro atoms. The minimum Gasteiger partial charge on any atom is -0.331 e. The third-order valence-electron chi connectivity index (χ3n) is 3.76. The molecule has 2 aromatic rings. The largest absolute Gasteiger partial charge is 0.416 e. The monoisotopic (exact) mass is 376 g/mol. The van der Waals surface area contributed by atoms with E-state index in [-0.39, 0.29) is 12.4 Å². The van der Waals surface area contributed by atoms with E-state index in [1.54, 1.807) is 6.92 Å². The summed E-state index contributed by atoms with van der Waals surface area (Å²) in [4.78, 5) is 17.1. The zero-order valence-electron chi connectivity index (χ0n) is 14.0. The molecule has 5 nitrogen and oxygen atoms in total. The smallest absolute Gasteiger partial charge is 0.331 e. The standard InChI is InChI=1S/C16H17F5N4O/c1-10(11-3-5-12(6-4-11)16(19,20)21)23-15(26)24(2)9-13-22-7-8-25(13)14(17)18/h3-8,10,14H,9H2,1-2H3,(H,23,26). The van der Waals surface area contributed by atoms with Crippen molar-refractivity contribution in [1.29, 1.82) is 0 Å². The Bertz CT molecular complexity index is 742. The highest BCUT2D eigenvalue weighted by Crippen LogP contribution is 2.29. The number of urea groups is 1. The number of nitrogens with zero attached hydrogens (tertiary/aromatic N) is 3. The number of aromatic nitrogens is 2. The molecular formula is C16H17F5N4O. The zero-order chi connectivity index (χ0) is 19.5. The van der Waals surface area contributed by atoms with E-state index in [1.807, 2.05) is 0 Å². The molecule has 10 heteroatoms. The molecule has 0 fully saturated rings. The lowest BCUT2D eigenvalue weighted by atomic mass is 10.1. The summed E-state index contributed by atoms with van der Waals surface area (Å²) in [5, 5.41) is 2.60. The number of amides is 2. The maximum atomic E-state index is 12.8. The maximum absolute atomic E-state index is 12.8. The third kappa shape index (κ3) is 4.70. The number of hydrogen-bond donors (Lipinski definition) is 1. The Morgan fingerprint density at radius 2 is 1.88 bits per heavy atom. The fourth-order valence-electron chi connectivity index (χ4n) is 2.27. The van der Waals surface area contributed by atoms with E-state index in [0.29, 0.717) is 10.1 Å². The number of rotatable bonds is 5. The molecule has 2 amide bonds. The molecular weight excluding hydrogens is 359 g/mol. The van der Waals surface area contributed by atoms with Gasteiger partial charge in [-0.2, -0.15) is 22.0 Å². The average Bonchev–Trinajstić information content (AvgIpc) is 3.02. The molecule has 142 valence electrons. The van der Waals surface area contributed by atoms with Crippen molar-refractivity contribution in [2.45, 2.75) is 32.2 Å². The number of carbonyl (C=O) groups is 1. The SMILES string of the molecule is CC(NC(=O)N(C)Cc1nccn1C(F)F)c1ccc(C(F)(F)F)cc1. The van der Waals surface area contributed by atoms with Gasteiger partial charge in [-0.3, -0.25) is 4.57 Å². The predicted octanol–water partition coefficient (Wildman–Crippen LogP) is 4.20. The van der Waals surface area contributed by atoms with Gasteiger partial charge in [-0.1, -0.05) is 12.1 Å². The summed E-state index contributed by atoms with van der Waals surface area (Å²) in [6.45, 7) is -1.31. The van der Waals surface area contributed by atoms with Crippen molar-refractivity contribution in [3.63, 3.8) is 0 Å². The minimum atomic E-state index is -4.43. The van der Waals surface area contributed by atoms with Gasteiger partial charge in [-0.25, -0.2) is 9.78 Å². The number of imidazole rings is 1. The number of alkyl halides is 5. The van der Waals surface area contributed by atoms with Crippen molar-refractivity contribution in [3.05, 3.63) is 53.6 Å². The molecule has 26 heavy (non-hydrogen) atoms. The van der Waals surface area contributed by atoms with E-state index < -0.39 is 30.4 Å². The molecule has 0 aliphatic rings. The Hall–Kier alpha value is -2.65. The maximum Gasteiger partial charge on any atom is 0.416 e.